The summed E-state index contributed by atoms with van der Waals surface area (Å²) < 4.78 is 11.2. The number of likely N-dealkylation sites (tertiary alicyclic amines) is 1. The third kappa shape index (κ3) is 3.79. The van der Waals surface area contributed by atoms with E-state index in [-0.39, 0.29) is 6.04 Å². The Morgan fingerprint density at radius 1 is 1.39 bits per heavy atom. The summed E-state index contributed by atoms with van der Waals surface area (Å²) in [5.74, 6) is 2.18. The van der Waals surface area contributed by atoms with Gasteiger partial charge >= 0.3 is 0 Å². The van der Waals surface area contributed by atoms with E-state index in [1.165, 1.54) is 6.42 Å². The number of rotatable bonds is 6. The molecule has 0 amide bonds. The van der Waals surface area contributed by atoms with Crippen LogP contribution in [0.2, 0.25) is 0 Å². The molecule has 3 atom stereocenters. The Hall–Kier alpha value is -1.72. The van der Waals surface area contributed by atoms with Crippen molar-refractivity contribution in [1.82, 2.24) is 10.2 Å². The van der Waals surface area contributed by atoms with Gasteiger partial charge in [-0.2, -0.15) is 0 Å². The second-order valence-electron chi connectivity index (χ2n) is 6.48. The van der Waals surface area contributed by atoms with Crippen molar-refractivity contribution in [2.45, 2.75) is 25.5 Å². The number of aliphatic hydroxyl groups is 1. The Kier molecular flexibility index (Phi) is 5.08. The number of hydrogen-bond acceptors (Lipinski definition) is 5. The minimum Gasteiger partial charge on any atom is -0.486 e. The van der Waals surface area contributed by atoms with Crippen molar-refractivity contribution >= 4 is 0 Å². The van der Waals surface area contributed by atoms with Crippen LogP contribution in [0.1, 0.15) is 25.0 Å². The maximum atomic E-state index is 10.8. The molecule has 1 aromatic rings. The highest BCUT2D eigenvalue weighted by Gasteiger charge is 2.27. The zero-order valence-electron chi connectivity index (χ0n) is 13.7. The van der Waals surface area contributed by atoms with E-state index in [0.717, 1.165) is 36.9 Å². The first-order chi connectivity index (χ1) is 11.2. The molecule has 0 spiro atoms. The average molecular weight is 318 g/mol. The van der Waals surface area contributed by atoms with Crippen LogP contribution in [-0.2, 0) is 0 Å². The van der Waals surface area contributed by atoms with Gasteiger partial charge in [-0.3, -0.25) is 0 Å². The number of fused-ring (bicyclic) bond motifs is 1. The summed E-state index contributed by atoms with van der Waals surface area (Å²) in [5, 5.41) is 14.0. The van der Waals surface area contributed by atoms with Crippen LogP contribution in [-0.4, -0.2) is 48.9 Å². The second-order valence-corrected chi connectivity index (χ2v) is 6.48. The van der Waals surface area contributed by atoms with Gasteiger partial charge in [0.05, 0.1) is 6.04 Å². The molecule has 2 aliphatic rings. The van der Waals surface area contributed by atoms with Crippen LogP contribution in [0.3, 0.4) is 0 Å². The van der Waals surface area contributed by atoms with Crippen molar-refractivity contribution in [2.75, 3.05) is 32.8 Å². The van der Waals surface area contributed by atoms with E-state index in [9.17, 15) is 5.11 Å². The van der Waals surface area contributed by atoms with E-state index >= 15 is 0 Å². The Bertz CT molecular complexity index is 549. The lowest BCUT2D eigenvalue weighted by molar-refractivity contribution is 0.111. The highest BCUT2D eigenvalue weighted by molar-refractivity contribution is 5.44. The Morgan fingerprint density at radius 3 is 2.87 bits per heavy atom. The third-order valence-electron chi connectivity index (χ3n) is 4.58. The van der Waals surface area contributed by atoms with E-state index in [4.69, 9.17) is 9.47 Å². The molecule has 1 fully saturated rings. The predicted molar refractivity (Wildman–Crippen MR) is 89.7 cm³/mol. The summed E-state index contributed by atoms with van der Waals surface area (Å²) in [7, 11) is 0. The van der Waals surface area contributed by atoms with Crippen LogP contribution in [0.4, 0.5) is 0 Å². The SMILES string of the molecule is C=CN[C@H](CN1CCC(C)C1)[C@H](O)c1ccc2c(c1)OCCO2. The molecule has 0 aliphatic carbocycles. The zero-order valence-corrected chi connectivity index (χ0v) is 13.7. The van der Waals surface area contributed by atoms with Crippen LogP contribution < -0.4 is 14.8 Å². The number of nitrogens with one attached hydrogen (secondary N) is 1. The summed E-state index contributed by atoms with van der Waals surface area (Å²) >= 11 is 0. The highest BCUT2D eigenvalue weighted by Crippen LogP contribution is 2.33. The maximum Gasteiger partial charge on any atom is 0.161 e. The molecule has 1 saturated heterocycles. The van der Waals surface area contributed by atoms with Gasteiger partial charge in [0.1, 0.15) is 19.3 Å². The fourth-order valence-electron chi connectivity index (χ4n) is 3.34. The van der Waals surface area contributed by atoms with Gasteiger partial charge in [-0.1, -0.05) is 19.6 Å². The lowest BCUT2D eigenvalue weighted by atomic mass is 10.0. The molecule has 2 aliphatic heterocycles. The van der Waals surface area contributed by atoms with Crippen LogP contribution >= 0.6 is 0 Å². The fraction of sp³-hybridized carbons (Fsp3) is 0.556. The molecular weight excluding hydrogens is 292 g/mol. The van der Waals surface area contributed by atoms with Gasteiger partial charge in [0.2, 0.25) is 0 Å². The minimum atomic E-state index is -0.625. The molecule has 5 heteroatoms. The average Bonchev–Trinajstić information content (AvgIpc) is 2.98. The Balaban J connectivity index is 1.72. The molecule has 0 radical (unpaired) electrons. The van der Waals surface area contributed by atoms with Crippen LogP contribution in [0.25, 0.3) is 0 Å². The predicted octanol–water partition coefficient (Wildman–Crippen LogP) is 1.93. The van der Waals surface area contributed by atoms with Crippen LogP contribution in [0, 0.1) is 5.92 Å². The molecule has 0 aromatic heterocycles. The highest BCUT2D eigenvalue weighted by atomic mass is 16.6. The van der Waals surface area contributed by atoms with Crippen molar-refractivity contribution < 1.29 is 14.6 Å². The lowest BCUT2D eigenvalue weighted by Crippen LogP contribution is -2.42. The summed E-state index contributed by atoms with van der Waals surface area (Å²) in [4.78, 5) is 2.40. The number of benzene rings is 1. The van der Waals surface area contributed by atoms with Crippen molar-refractivity contribution in [1.29, 1.82) is 0 Å². The van der Waals surface area contributed by atoms with E-state index in [1.807, 2.05) is 18.2 Å². The second kappa shape index (κ2) is 7.23. The van der Waals surface area contributed by atoms with Crippen LogP contribution in [0.5, 0.6) is 11.5 Å². The van der Waals surface area contributed by atoms with Crippen molar-refractivity contribution in [3.8, 4) is 11.5 Å². The van der Waals surface area contributed by atoms with Crippen LogP contribution in [0.15, 0.2) is 31.0 Å². The topological polar surface area (TPSA) is 54.0 Å². The Labute approximate surface area is 137 Å². The van der Waals surface area contributed by atoms with Crippen molar-refractivity contribution in [2.24, 2.45) is 5.92 Å². The number of ether oxygens (including phenoxy) is 2. The molecule has 0 bridgehead atoms. The van der Waals surface area contributed by atoms with Gasteiger partial charge < -0.3 is 24.8 Å². The molecule has 3 rings (SSSR count). The monoisotopic (exact) mass is 318 g/mol. The van der Waals surface area contributed by atoms with E-state index in [2.05, 4.69) is 23.7 Å². The first-order valence-electron chi connectivity index (χ1n) is 8.34. The quantitative estimate of drug-likeness (QED) is 0.839. The first kappa shape index (κ1) is 16.1. The maximum absolute atomic E-state index is 10.8. The minimum absolute atomic E-state index is 0.0969. The van der Waals surface area contributed by atoms with Gasteiger partial charge in [0.25, 0.3) is 0 Å². The molecule has 0 saturated carbocycles. The van der Waals surface area contributed by atoms with Gasteiger partial charge in [0, 0.05) is 13.1 Å². The van der Waals surface area contributed by atoms with E-state index in [0.29, 0.717) is 19.0 Å². The molecular formula is C18H26N2O3. The number of aliphatic hydroxyl groups excluding tert-OH is 1. The summed E-state index contributed by atoms with van der Waals surface area (Å²) in [5.41, 5.74) is 0.834. The summed E-state index contributed by atoms with van der Waals surface area (Å²) in [6, 6.07) is 5.56. The summed E-state index contributed by atoms with van der Waals surface area (Å²) in [6.07, 6.45) is 2.26. The van der Waals surface area contributed by atoms with E-state index < -0.39 is 6.10 Å². The normalized spacial score (nSPS) is 23.3. The molecule has 1 aromatic carbocycles. The molecule has 5 nitrogen and oxygen atoms in total. The molecule has 2 heterocycles. The van der Waals surface area contributed by atoms with Crippen molar-refractivity contribution in [3.63, 3.8) is 0 Å². The molecule has 1 unspecified atom stereocenters. The number of hydrogen-bond donors (Lipinski definition) is 2. The summed E-state index contributed by atoms with van der Waals surface area (Å²) in [6.45, 7) is 10.1. The van der Waals surface area contributed by atoms with Gasteiger partial charge in [-0.25, -0.2) is 0 Å². The fourth-order valence-corrected chi connectivity index (χ4v) is 3.34. The molecule has 23 heavy (non-hydrogen) atoms. The zero-order chi connectivity index (χ0) is 16.2. The largest absolute Gasteiger partial charge is 0.486 e. The number of nitrogens with zero attached hydrogens (tertiary/aromatic N) is 1. The van der Waals surface area contributed by atoms with Gasteiger partial charge in [0.15, 0.2) is 11.5 Å². The van der Waals surface area contributed by atoms with E-state index in [1.54, 1.807) is 6.20 Å². The lowest BCUT2D eigenvalue weighted by Gasteiger charge is -2.29. The standard InChI is InChI=1S/C18H26N2O3/c1-3-19-15(12-20-7-6-13(2)11-20)18(21)14-4-5-16-17(10-14)23-9-8-22-16/h3-5,10,13,15,18-19,21H,1,6-9,11-12H2,2H3/t13?,15-,18-/m1/s1. The van der Waals surface area contributed by atoms with Gasteiger partial charge in [-0.05, 0) is 42.8 Å². The smallest absolute Gasteiger partial charge is 0.161 e. The van der Waals surface area contributed by atoms with Crippen molar-refractivity contribution in [3.05, 3.63) is 36.5 Å². The third-order valence-corrected chi connectivity index (χ3v) is 4.58. The first-order valence-corrected chi connectivity index (χ1v) is 8.34. The molecule has 126 valence electrons. The Morgan fingerprint density at radius 2 is 2.17 bits per heavy atom. The molecule has 2 N–H and O–H groups in total. The van der Waals surface area contributed by atoms with Gasteiger partial charge in [-0.15, -0.1) is 0 Å².